The zero-order valence-corrected chi connectivity index (χ0v) is 10.4. The van der Waals surface area contributed by atoms with Crippen molar-refractivity contribution in [1.82, 2.24) is 4.98 Å². The quantitative estimate of drug-likeness (QED) is 0.791. The topological polar surface area (TPSA) is 64.9 Å². The third-order valence-electron chi connectivity index (χ3n) is 2.44. The molecule has 1 heterocycles. The summed E-state index contributed by atoms with van der Waals surface area (Å²) in [6.07, 6.45) is -3.62. The Kier molecular flexibility index (Phi) is 4.26. The lowest BCUT2D eigenvalue weighted by Gasteiger charge is -2.09. The van der Waals surface area contributed by atoms with Crippen LogP contribution in [0.25, 0.3) is 11.3 Å². The van der Waals surface area contributed by atoms with Gasteiger partial charge in [0.2, 0.25) is 0 Å². The number of hydrogen-bond acceptors (Lipinski definition) is 3. The van der Waals surface area contributed by atoms with Gasteiger partial charge in [-0.1, -0.05) is 0 Å². The Labute approximate surface area is 113 Å². The molecule has 0 unspecified atom stereocenters. The van der Waals surface area contributed by atoms with Gasteiger partial charge in [0, 0.05) is 23.1 Å². The summed E-state index contributed by atoms with van der Waals surface area (Å²) in [5.74, 6) is 0. The smallest absolute Gasteiger partial charge is 0.399 e. The Bertz CT molecular complexity index is 567. The van der Waals surface area contributed by atoms with Crippen molar-refractivity contribution >= 4 is 23.8 Å². The second kappa shape index (κ2) is 5.36. The fourth-order valence-corrected chi connectivity index (χ4v) is 1.52. The average molecular weight is 290 g/mol. The first-order chi connectivity index (χ1) is 8.38. The number of rotatable bonds is 1. The molecular formula is C12H11ClF3N3. The number of nitrogens with zero attached hydrogens (tertiary/aromatic N) is 1. The van der Waals surface area contributed by atoms with Gasteiger partial charge in [0.15, 0.2) is 0 Å². The van der Waals surface area contributed by atoms with Crippen LogP contribution in [0.1, 0.15) is 5.56 Å². The Morgan fingerprint density at radius 2 is 1.68 bits per heavy atom. The molecule has 102 valence electrons. The lowest BCUT2D eigenvalue weighted by atomic mass is 10.1. The highest BCUT2D eigenvalue weighted by Crippen LogP contribution is 2.31. The Morgan fingerprint density at radius 1 is 1.00 bits per heavy atom. The summed E-state index contributed by atoms with van der Waals surface area (Å²) in [6.45, 7) is 0. The van der Waals surface area contributed by atoms with E-state index in [1.165, 1.54) is 6.07 Å². The molecule has 7 heteroatoms. The SMILES string of the molecule is Cl.Nc1ccc(N)c(-c2ccc(C(F)(F)F)cn2)c1. The number of nitrogen functional groups attached to an aromatic ring is 2. The summed E-state index contributed by atoms with van der Waals surface area (Å²) in [5.41, 5.74) is 12.3. The summed E-state index contributed by atoms with van der Waals surface area (Å²) >= 11 is 0. The third kappa shape index (κ3) is 3.29. The molecule has 0 saturated carbocycles. The third-order valence-corrected chi connectivity index (χ3v) is 2.44. The average Bonchev–Trinajstić information content (AvgIpc) is 2.31. The number of hydrogen-bond donors (Lipinski definition) is 2. The Morgan fingerprint density at radius 3 is 2.21 bits per heavy atom. The molecule has 1 aromatic carbocycles. The van der Waals surface area contributed by atoms with Gasteiger partial charge in [-0.2, -0.15) is 13.2 Å². The van der Waals surface area contributed by atoms with Gasteiger partial charge in [-0.25, -0.2) is 0 Å². The van der Waals surface area contributed by atoms with E-state index in [2.05, 4.69) is 4.98 Å². The maximum Gasteiger partial charge on any atom is 0.417 e. The van der Waals surface area contributed by atoms with Gasteiger partial charge < -0.3 is 11.5 Å². The van der Waals surface area contributed by atoms with E-state index >= 15 is 0 Å². The highest BCUT2D eigenvalue weighted by molar-refractivity contribution is 5.85. The number of benzene rings is 1. The van der Waals surface area contributed by atoms with E-state index in [0.717, 1.165) is 12.3 Å². The van der Waals surface area contributed by atoms with Crippen molar-refractivity contribution in [2.24, 2.45) is 0 Å². The highest BCUT2D eigenvalue weighted by Gasteiger charge is 2.30. The molecule has 0 atom stereocenters. The molecule has 0 spiro atoms. The van der Waals surface area contributed by atoms with Crippen LogP contribution < -0.4 is 11.5 Å². The number of anilines is 2. The second-order valence-electron chi connectivity index (χ2n) is 3.78. The molecule has 0 fully saturated rings. The summed E-state index contributed by atoms with van der Waals surface area (Å²) in [5, 5.41) is 0. The minimum Gasteiger partial charge on any atom is -0.399 e. The van der Waals surface area contributed by atoms with Crippen LogP contribution in [-0.4, -0.2) is 4.98 Å². The van der Waals surface area contributed by atoms with Crippen molar-refractivity contribution in [1.29, 1.82) is 0 Å². The van der Waals surface area contributed by atoms with Crippen LogP contribution in [-0.2, 0) is 6.18 Å². The van der Waals surface area contributed by atoms with Crippen molar-refractivity contribution < 1.29 is 13.2 Å². The van der Waals surface area contributed by atoms with Gasteiger partial charge in [0.25, 0.3) is 0 Å². The number of alkyl halides is 3. The van der Waals surface area contributed by atoms with Crippen LogP contribution in [0.4, 0.5) is 24.5 Å². The monoisotopic (exact) mass is 289 g/mol. The van der Waals surface area contributed by atoms with Crippen LogP contribution in [0, 0.1) is 0 Å². The number of halogens is 4. The van der Waals surface area contributed by atoms with Gasteiger partial charge in [-0.3, -0.25) is 4.98 Å². The Balaban J connectivity index is 0.00000180. The summed E-state index contributed by atoms with van der Waals surface area (Å²) in [6, 6.07) is 7.01. The standard InChI is InChI=1S/C12H10F3N3.ClH/c13-12(14,15)7-1-4-11(18-6-7)9-5-8(16)2-3-10(9)17;/h1-6H,16-17H2;1H. The van der Waals surface area contributed by atoms with Crippen molar-refractivity contribution in [3.05, 3.63) is 42.1 Å². The van der Waals surface area contributed by atoms with Gasteiger partial charge in [0.1, 0.15) is 0 Å². The molecule has 0 amide bonds. The van der Waals surface area contributed by atoms with E-state index in [1.54, 1.807) is 18.2 Å². The predicted molar refractivity (Wildman–Crippen MR) is 70.7 cm³/mol. The molecule has 2 aromatic rings. The molecule has 0 bridgehead atoms. The van der Waals surface area contributed by atoms with Gasteiger partial charge in [0.05, 0.1) is 11.3 Å². The van der Waals surface area contributed by atoms with Gasteiger partial charge in [-0.05, 0) is 30.3 Å². The first-order valence-corrected chi connectivity index (χ1v) is 5.06. The molecule has 0 saturated heterocycles. The maximum atomic E-state index is 12.4. The molecule has 0 aliphatic heterocycles. The van der Waals surface area contributed by atoms with E-state index in [4.69, 9.17) is 11.5 Å². The molecule has 3 nitrogen and oxygen atoms in total. The van der Waals surface area contributed by atoms with Crippen LogP contribution in [0.15, 0.2) is 36.5 Å². The zero-order chi connectivity index (χ0) is 13.3. The molecular weight excluding hydrogens is 279 g/mol. The maximum absolute atomic E-state index is 12.4. The van der Waals surface area contributed by atoms with Crippen molar-refractivity contribution in [2.75, 3.05) is 11.5 Å². The van der Waals surface area contributed by atoms with Crippen LogP contribution >= 0.6 is 12.4 Å². The highest BCUT2D eigenvalue weighted by atomic mass is 35.5. The number of aromatic nitrogens is 1. The van der Waals surface area contributed by atoms with Crippen LogP contribution in [0.2, 0.25) is 0 Å². The predicted octanol–water partition coefficient (Wildman–Crippen LogP) is 3.35. The van der Waals surface area contributed by atoms with Crippen LogP contribution in [0.5, 0.6) is 0 Å². The summed E-state index contributed by atoms with van der Waals surface area (Å²) in [7, 11) is 0. The molecule has 0 aliphatic rings. The fourth-order valence-electron chi connectivity index (χ4n) is 1.52. The molecule has 2 rings (SSSR count). The van der Waals surface area contributed by atoms with E-state index in [9.17, 15) is 13.2 Å². The van der Waals surface area contributed by atoms with Crippen molar-refractivity contribution in [3.63, 3.8) is 0 Å². The van der Waals surface area contributed by atoms with E-state index < -0.39 is 11.7 Å². The minimum absolute atomic E-state index is 0. The molecule has 0 aliphatic carbocycles. The van der Waals surface area contributed by atoms with Gasteiger partial charge >= 0.3 is 6.18 Å². The number of pyridine rings is 1. The molecule has 19 heavy (non-hydrogen) atoms. The van der Waals surface area contributed by atoms with Crippen LogP contribution in [0.3, 0.4) is 0 Å². The summed E-state index contributed by atoms with van der Waals surface area (Å²) in [4.78, 5) is 3.76. The first kappa shape index (κ1) is 15.1. The molecule has 1 aromatic heterocycles. The van der Waals surface area contributed by atoms with Gasteiger partial charge in [-0.15, -0.1) is 12.4 Å². The molecule has 0 radical (unpaired) electrons. The lowest BCUT2D eigenvalue weighted by molar-refractivity contribution is -0.137. The second-order valence-corrected chi connectivity index (χ2v) is 3.78. The van der Waals surface area contributed by atoms with E-state index in [1.807, 2.05) is 0 Å². The lowest BCUT2D eigenvalue weighted by Crippen LogP contribution is -2.05. The summed E-state index contributed by atoms with van der Waals surface area (Å²) < 4.78 is 37.1. The normalized spacial score (nSPS) is 10.9. The largest absolute Gasteiger partial charge is 0.417 e. The first-order valence-electron chi connectivity index (χ1n) is 5.06. The molecule has 4 N–H and O–H groups in total. The Hall–Kier alpha value is -1.95. The van der Waals surface area contributed by atoms with E-state index in [-0.39, 0.29) is 12.4 Å². The van der Waals surface area contributed by atoms with Crippen molar-refractivity contribution in [2.45, 2.75) is 6.18 Å². The fraction of sp³-hybridized carbons (Fsp3) is 0.0833. The van der Waals surface area contributed by atoms with E-state index in [0.29, 0.717) is 22.6 Å². The number of nitrogens with two attached hydrogens (primary N) is 2. The minimum atomic E-state index is -4.40. The zero-order valence-electron chi connectivity index (χ0n) is 9.61. The van der Waals surface area contributed by atoms with Crippen molar-refractivity contribution in [3.8, 4) is 11.3 Å².